The van der Waals surface area contributed by atoms with Crippen LogP contribution in [0.4, 0.5) is 4.39 Å². The Bertz CT molecular complexity index is 873. The molecule has 134 valence electrons. The molecular weight excluding hydrogens is 327 g/mol. The van der Waals surface area contributed by atoms with Crippen LogP contribution in [0.3, 0.4) is 0 Å². The fourth-order valence-corrected chi connectivity index (χ4v) is 2.92. The van der Waals surface area contributed by atoms with Crippen LogP contribution in [0.5, 0.6) is 5.75 Å². The van der Waals surface area contributed by atoms with E-state index in [1.165, 1.54) is 12.3 Å². The third-order valence-corrected chi connectivity index (χ3v) is 4.37. The van der Waals surface area contributed by atoms with E-state index in [0.29, 0.717) is 5.52 Å². The van der Waals surface area contributed by atoms with Crippen LogP contribution in [0.15, 0.2) is 23.1 Å². The number of carboxylic acid groups (broad SMARTS) is 1. The highest BCUT2D eigenvalue weighted by atomic mass is 19.1. The van der Waals surface area contributed by atoms with Gasteiger partial charge < -0.3 is 20.1 Å². The first-order valence-electron chi connectivity index (χ1n) is 8.42. The fourth-order valence-electron chi connectivity index (χ4n) is 2.92. The van der Waals surface area contributed by atoms with E-state index >= 15 is 0 Å². The maximum absolute atomic E-state index is 14.4. The summed E-state index contributed by atoms with van der Waals surface area (Å²) in [5, 5.41) is 9.28. The van der Waals surface area contributed by atoms with Crippen molar-refractivity contribution in [2.75, 3.05) is 6.61 Å². The Labute approximate surface area is 144 Å². The average Bonchev–Trinajstić information content (AvgIpc) is 3.38. The van der Waals surface area contributed by atoms with Gasteiger partial charge in [-0.15, -0.1) is 0 Å². The minimum Gasteiger partial charge on any atom is -0.489 e. The third kappa shape index (κ3) is 3.51. The van der Waals surface area contributed by atoms with Crippen molar-refractivity contribution < 1.29 is 19.0 Å². The highest BCUT2D eigenvalue weighted by Gasteiger charge is 2.27. The monoisotopic (exact) mass is 348 g/mol. The van der Waals surface area contributed by atoms with Gasteiger partial charge in [-0.25, -0.2) is 9.18 Å². The Morgan fingerprint density at radius 3 is 2.80 bits per heavy atom. The van der Waals surface area contributed by atoms with E-state index in [4.69, 9.17) is 10.5 Å². The Hall–Kier alpha value is -2.41. The number of nitrogens with two attached hydrogens (primary N) is 1. The highest BCUT2D eigenvalue weighted by molar-refractivity contribution is 5.93. The van der Waals surface area contributed by atoms with Crippen LogP contribution in [0.1, 0.15) is 49.0 Å². The smallest absolute Gasteiger partial charge is 0.341 e. The molecule has 25 heavy (non-hydrogen) atoms. The Morgan fingerprint density at radius 2 is 2.20 bits per heavy atom. The van der Waals surface area contributed by atoms with Crippen molar-refractivity contribution in [3.63, 3.8) is 0 Å². The molecule has 0 saturated heterocycles. The fraction of sp³-hybridized carbons (Fsp3) is 0.444. The zero-order valence-electron chi connectivity index (χ0n) is 14.0. The number of hydrogen-bond donors (Lipinski definition) is 2. The van der Waals surface area contributed by atoms with Gasteiger partial charge in [0.25, 0.3) is 0 Å². The molecule has 1 heterocycles. The first-order valence-corrected chi connectivity index (χ1v) is 8.42. The summed E-state index contributed by atoms with van der Waals surface area (Å²) in [4.78, 5) is 23.7. The molecule has 2 aromatic rings. The first-order chi connectivity index (χ1) is 11.9. The zero-order valence-corrected chi connectivity index (χ0v) is 14.0. The number of aromatic carboxylic acids is 1. The lowest BCUT2D eigenvalue weighted by atomic mass is 10.1. The summed E-state index contributed by atoms with van der Waals surface area (Å²) in [7, 11) is 0. The van der Waals surface area contributed by atoms with Crippen LogP contribution in [0.2, 0.25) is 0 Å². The zero-order chi connectivity index (χ0) is 18.1. The van der Waals surface area contributed by atoms with Crippen LogP contribution >= 0.6 is 0 Å². The number of carbonyl (C=O) groups is 1. The van der Waals surface area contributed by atoms with Crippen LogP contribution in [-0.4, -0.2) is 28.3 Å². The lowest BCUT2D eigenvalue weighted by Crippen LogP contribution is -2.27. The van der Waals surface area contributed by atoms with Gasteiger partial charge in [0, 0.05) is 29.7 Å². The van der Waals surface area contributed by atoms with Crippen molar-refractivity contribution in [2.24, 2.45) is 5.73 Å². The maximum Gasteiger partial charge on any atom is 0.341 e. The number of carboxylic acids is 1. The number of hydrogen-bond acceptors (Lipinski definition) is 4. The minimum atomic E-state index is -1.31. The van der Waals surface area contributed by atoms with Gasteiger partial charge in [0.05, 0.1) is 5.52 Å². The predicted molar refractivity (Wildman–Crippen MR) is 91.8 cm³/mol. The van der Waals surface area contributed by atoms with E-state index in [1.54, 1.807) is 4.57 Å². The molecule has 6 nitrogen and oxygen atoms in total. The molecule has 1 aromatic carbocycles. The Balaban J connectivity index is 2.06. The largest absolute Gasteiger partial charge is 0.489 e. The molecule has 1 fully saturated rings. The van der Waals surface area contributed by atoms with E-state index < -0.39 is 17.2 Å². The lowest BCUT2D eigenvalue weighted by Gasteiger charge is -2.16. The Morgan fingerprint density at radius 1 is 1.48 bits per heavy atom. The summed E-state index contributed by atoms with van der Waals surface area (Å²) in [6.07, 6.45) is 4.81. The third-order valence-electron chi connectivity index (χ3n) is 4.37. The van der Waals surface area contributed by atoms with Crippen molar-refractivity contribution in [3.8, 4) is 5.75 Å². The van der Waals surface area contributed by atoms with Crippen molar-refractivity contribution in [3.05, 3.63) is 39.9 Å². The molecule has 1 aromatic heterocycles. The number of aromatic nitrogens is 1. The molecule has 0 amide bonds. The van der Waals surface area contributed by atoms with Crippen LogP contribution in [0, 0.1) is 5.82 Å². The van der Waals surface area contributed by atoms with Crippen molar-refractivity contribution in [2.45, 2.75) is 44.7 Å². The minimum absolute atomic E-state index is 0.0240. The molecule has 0 bridgehead atoms. The number of pyridine rings is 1. The van der Waals surface area contributed by atoms with Crippen LogP contribution in [0.25, 0.3) is 10.9 Å². The standard InChI is InChI=1S/C18H21FN2O4/c1-2-3-10(20)9-25-16-7-15-12(6-14(16)19)17(22)13(18(23)24)8-21(15)11-4-5-11/h6-8,10-11H,2-5,9,20H2,1H3,(H,23,24). The molecule has 1 saturated carbocycles. The quantitative estimate of drug-likeness (QED) is 0.802. The Kier molecular flexibility index (Phi) is 4.76. The topological polar surface area (TPSA) is 94.6 Å². The number of benzene rings is 1. The predicted octanol–water partition coefficient (Wildman–Crippen LogP) is 2.68. The second-order valence-electron chi connectivity index (χ2n) is 6.48. The van der Waals surface area contributed by atoms with E-state index in [9.17, 15) is 19.1 Å². The summed E-state index contributed by atoms with van der Waals surface area (Å²) in [6, 6.07) is 2.46. The van der Waals surface area contributed by atoms with E-state index in [2.05, 4.69) is 0 Å². The molecule has 7 heteroatoms. The summed E-state index contributed by atoms with van der Waals surface area (Å²) in [5.74, 6) is -1.98. The molecule has 0 radical (unpaired) electrons. The molecule has 0 spiro atoms. The molecule has 0 aliphatic heterocycles. The van der Waals surface area contributed by atoms with Gasteiger partial charge in [-0.3, -0.25) is 4.79 Å². The molecule has 1 atom stereocenters. The van der Waals surface area contributed by atoms with Gasteiger partial charge in [0.2, 0.25) is 5.43 Å². The van der Waals surface area contributed by atoms with Gasteiger partial charge in [-0.05, 0) is 25.3 Å². The summed E-state index contributed by atoms with van der Waals surface area (Å²) in [5.41, 5.74) is 5.34. The van der Waals surface area contributed by atoms with Crippen molar-refractivity contribution >= 4 is 16.9 Å². The molecule has 1 aliphatic rings. The average molecular weight is 348 g/mol. The summed E-state index contributed by atoms with van der Waals surface area (Å²) < 4.78 is 21.6. The molecule has 1 aliphatic carbocycles. The summed E-state index contributed by atoms with van der Waals surface area (Å²) >= 11 is 0. The van der Waals surface area contributed by atoms with Gasteiger partial charge in [-0.2, -0.15) is 0 Å². The van der Waals surface area contributed by atoms with Crippen LogP contribution < -0.4 is 15.9 Å². The van der Waals surface area contributed by atoms with Crippen LogP contribution in [-0.2, 0) is 0 Å². The SMILES string of the molecule is CCCC(N)COc1cc2c(cc1F)c(=O)c(C(=O)O)cn2C1CC1. The van der Waals surface area contributed by atoms with E-state index in [1.807, 2.05) is 6.92 Å². The first kappa shape index (κ1) is 17.4. The van der Waals surface area contributed by atoms with Gasteiger partial charge >= 0.3 is 5.97 Å². The van der Waals surface area contributed by atoms with Gasteiger partial charge in [0.1, 0.15) is 12.2 Å². The van der Waals surface area contributed by atoms with Gasteiger partial charge in [-0.1, -0.05) is 13.3 Å². The highest BCUT2D eigenvalue weighted by Crippen LogP contribution is 2.38. The molecular formula is C18H21FN2O4. The van der Waals surface area contributed by atoms with E-state index in [0.717, 1.165) is 31.7 Å². The number of nitrogens with zero attached hydrogens (tertiary/aromatic N) is 1. The van der Waals surface area contributed by atoms with Gasteiger partial charge in [0.15, 0.2) is 11.6 Å². The second-order valence-corrected chi connectivity index (χ2v) is 6.48. The van der Waals surface area contributed by atoms with E-state index in [-0.39, 0.29) is 35.4 Å². The maximum atomic E-state index is 14.4. The number of fused-ring (bicyclic) bond motifs is 1. The molecule has 1 unspecified atom stereocenters. The second kappa shape index (κ2) is 6.84. The summed E-state index contributed by atoms with van der Waals surface area (Å²) in [6.45, 7) is 2.18. The number of halogens is 1. The van der Waals surface area contributed by atoms with Crippen molar-refractivity contribution in [1.82, 2.24) is 4.57 Å². The normalized spacial score (nSPS) is 15.3. The molecule has 3 rings (SSSR count). The molecule has 3 N–H and O–H groups in total. The number of ether oxygens (including phenoxy) is 1. The van der Waals surface area contributed by atoms with Crippen molar-refractivity contribution in [1.29, 1.82) is 0 Å². The number of rotatable bonds is 7. The lowest BCUT2D eigenvalue weighted by molar-refractivity contribution is 0.0695.